The second-order valence-corrected chi connectivity index (χ2v) is 6.99. The van der Waals surface area contributed by atoms with Gasteiger partial charge in [-0.05, 0) is 36.6 Å². The molecule has 2 aromatic rings. The van der Waals surface area contributed by atoms with Crippen LogP contribution in [0.1, 0.15) is 25.8 Å². The van der Waals surface area contributed by atoms with Crippen LogP contribution in [0.15, 0.2) is 42.5 Å². The summed E-state index contributed by atoms with van der Waals surface area (Å²) in [4.78, 5) is 0. The van der Waals surface area contributed by atoms with Crippen LogP contribution >= 0.6 is 0 Å². The highest BCUT2D eigenvalue weighted by Gasteiger charge is 2.30. The summed E-state index contributed by atoms with van der Waals surface area (Å²) in [5, 5.41) is 1.36. The zero-order valence-corrected chi connectivity index (χ0v) is 14.0. The molecule has 0 bridgehead atoms. The van der Waals surface area contributed by atoms with Crippen molar-refractivity contribution in [3.63, 3.8) is 0 Å². The van der Waals surface area contributed by atoms with E-state index in [1.807, 2.05) is 31.2 Å². The summed E-state index contributed by atoms with van der Waals surface area (Å²) in [6, 6.07) is 12.9. The van der Waals surface area contributed by atoms with Crippen LogP contribution in [0.3, 0.4) is 0 Å². The van der Waals surface area contributed by atoms with Gasteiger partial charge in [-0.3, -0.25) is 0 Å². The molecule has 0 aliphatic carbocycles. The van der Waals surface area contributed by atoms with Crippen molar-refractivity contribution in [1.82, 2.24) is 0 Å². The van der Waals surface area contributed by atoms with Crippen LogP contribution in [0, 0.1) is 0 Å². The first kappa shape index (κ1) is 15.8. The molecule has 0 aromatic heterocycles. The number of hydrogen-bond acceptors (Lipinski definition) is 5. The van der Waals surface area contributed by atoms with E-state index in [1.165, 1.54) is 5.06 Å². The Kier molecular flexibility index (Phi) is 4.28. The zero-order chi connectivity index (χ0) is 16.4. The number of aryl methyl sites for hydroxylation is 1. The fraction of sp³-hybridized carbons (Fsp3) is 0.294. The van der Waals surface area contributed by atoms with E-state index in [9.17, 15) is 8.42 Å². The fourth-order valence-corrected chi connectivity index (χ4v) is 3.52. The number of ether oxygens (including phenoxy) is 1. The Morgan fingerprint density at radius 1 is 1.04 bits per heavy atom. The van der Waals surface area contributed by atoms with Crippen LogP contribution in [0.2, 0.25) is 0 Å². The third kappa shape index (κ3) is 3.04. The smallest absolute Gasteiger partial charge is 0.288 e. The van der Waals surface area contributed by atoms with Crippen molar-refractivity contribution >= 4 is 21.5 Å². The van der Waals surface area contributed by atoms with Crippen molar-refractivity contribution in [3.05, 3.63) is 48.0 Å². The first-order valence-electron chi connectivity index (χ1n) is 7.67. The molecular formula is C17H19NO4S. The summed E-state index contributed by atoms with van der Waals surface area (Å²) < 4.78 is 35.7. The van der Waals surface area contributed by atoms with Gasteiger partial charge in [-0.15, -0.1) is 4.28 Å². The molecule has 122 valence electrons. The van der Waals surface area contributed by atoms with Gasteiger partial charge in [0.2, 0.25) is 0 Å². The molecule has 0 N–H and O–H groups in total. The number of nitrogens with zero attached hydrogens (tertiary/aromatic N) is 1. The molecule has 23 heavy (non-hydrogen) atoms. The van der Waals surface area contributed by atoms with E-state index in [2.05, 4.69) is 0 Å². The lowest BCUT2D eigenvalue weighted by Crippen LogP contribution is -2.27. The topological polar surface area (TPSA) is 55.8 Å². The van der Waals surface area contributed by atoms with Crippen LogP contribution in [0.25, 0.3) is 0 Å². The Hall–Kier alpha value is -2.05. The summed E-state index contributed by atoms with van der Waals surface area (Å²) in [7, 11) is -3.67. The minimum absolute atomic E-state index is 0.0324. The molecule has 0 amide bonds. The number of anilines is 2. The number of benzene rings is 2. The second-order valence-electron chi connectivity index (χ2n) is 5.32. The van der Waals surface area contributed by atoms with E-state index in [-0.39, 0.29) is 5.75 Å². The molecule has 1 aliphatic rings. The van der Waals surface area contributed by atoms with Gasteiger partial charge < -0.3 is 4.74 Å². The Morgan fingerprint density at radius 2 is 1.78 bits per heavy atom. The predicted octanol–water partition coefficient (Wildman–Crippen LogP) is 4.16. The molecule has 5 nitrogen and oxygen atoms in total. The number of para-hydroxylation sites is 3. The Bertz CT molecular complexity index is 817. The largest absolute Gasteiger partial charge is 0.452 e. The van der Waals surface area contributed by atoms with Gasteiger partial charge in [0.25, 0.3) is 10.1 Å². The van der Waals surface area contributed by atoms with E-state index in [0.29, 0.717) is 29.3 Å². The number of rotatable bonds is 5. The lowest BCUT2D eigenvalue weighted by molar-refractivity contribution is 0.307. The minimum Gasteiger partial charge on any atom is -0.452 e. The Labute approximate surface area is 136 Å². The SMILES string of the molecule is CCCS(=O)(=O)ON1c2ccccc2Oc2c(CC)cccc21. The van der Waals surface area contributed by atoms with E-state index in [1.54, 1.807) is 25.1 Å². The highest BCUT2D eigenvalue weighted by molar-refractivity contribution is 7.86. The maximum Gasteiger partial charge on any atom is 0.288 e. The first-order valence-corrected chi connectivity index (χ1v) is 9.24. The summed E-state index contributed by atoms with van der Waals surface area (Å²) >= 11 is 0. The quantitative estimate of drug-likeness (QED) is 0.822. The lowest BCUT2D eigenvalue weighted by Gasteiger charge is -2.31. The van der Waals surface area contributed by atoms with Gasteiger partial charge in [0, 0.05) is 0 Å². The van der Waals surface area contributed by atoms with E-state index < -0.39 is 10.1 Å². The molecule has 0 atom stereocenters. The highest BCUT2D eigenvalue weighted by Crippen LogP contribution is 2.48. The normalized spacial score (nSPS) is 13.2. The van der Waals surface area contributed by atoms with Crippen molar-refractivity contribution < 1.29 is 17.4 Å². The first-order chi connectivity index (χ1) is 11.1. The third-order valence-corrected chi connectivity index (χ3v) is 4.90. The summed E-state index contributed by atoms with van der Waals surface area (Å²) in [5.74, 6) is 1.18. The monoisotopic (exact) mass is 333 g/mol. The molecule has 0 saturated carbocycles. The van der Waals surface area contributed by atoms with E-state index in [0.717, 1.165) is 12.0 Å². The molecule has 0 radical (unpaired) electrons. The van der Waals surface area contributed by atoms with Crippen LogP contribution in [-0.2, 0) is 20.8 Å². The molecule has 1 aliphatic heterocycles. The standard InChI is InChI=1S/C17H19NO4S/c1-3-12-23(19,20)22-18-14-9-5-6-11-16(14)21-17-13(4-2)8-7-10-15(17)18/h5-11H,3-4,12H2,1-2H3. The molecular weight excluding hydrogens is 314 g/mol. The third-order valence-electron chi connectivity index (χ3n) is 3.61. The molecule has 6 heteroatoms. The highest BCUT2D eigenvalue weighted by atomic mass is 32.2. The maximum absolute atomic E-state index is 12.2. The van der Waals surface area contributed by atoms with Gasteiger partial charge in [-0.1, -0.05) is 38.1 Å². The van der Waals surface area contributed by atoms with Crippen molar-refractivity contribution in [3.8, 4) is 11.5 Å². The van der Waals surface area contributed by atoms with Gasteiger partial charge in [0.1, 0.15) is 11.4 Å². The van der Waals surface area contributed by atoms with Gasteiger partial charge in [0.15, 0.2) is 11.5 Å². The molecule has 0 fully saturated rings. The maximum atomic E-state index is 12.2. The zero-order valence-electron chi connectivity index (χ0n) is 13.2. The number of hydrogen-bond donors (Lipinski definition) is 0. The molecule has 2 aromatic carbocycles. The van der Waals surface area contributed by atoms with Gasteiger partial charge in [-0.25, -0.2) is 0 Å². The predicted molar refractivity (Wildman–Crippen MR) is 89.6 cm³/mol. The van der Waals surface area contributed by atoms with Gasteiger partial charge >= 0.3 is 0 Å². The molecule has 3 rings (SSSR count). The fourth-order valence-electron chi connectivity index (χ4n) is 2.56. The number of fused-ring (bicyclic) bond motifs is 2. The molecule has 0 spiro atoms. The van der Waals surface area contributed by atoms with Gasteiger partial charge in [0.05, 0.1) is 5.75 Å². The van der Waals surface area contributed by atoms with Crippen molar-refractivity contribution in [2.45, 2.75) is 26.7 Å². The molecule has 0 unspecified atom stereocenters. The van der Waals surface area contributed by atoms with Crippen LogP contribution in [-0.4, -0.2) is 14.2 Å². The van der Waals surface area contributed by atoms with Crippen molar-refractivity contribution in [2.24, 2.45) is 0 Å². The van der Waals surface area contributed by atoms with Crippen LogP contribution in [0.4, 0.5) is 11.4 Å². The second kappa shape index (κ2) is 6.22. The average Bonchev–Trinajstić information content (AvgIpc) is 2.54. The molecule has 0 saturated heterocycles. The minimum atomic E-state index is -3.67. The summed E-state index contributed by atoms with van der Waals surface area (Å²) in [6.45, 7) is 3.83. The summed E-state index contributed by atoms with van der Waals surface area (Å²) in [6.07, 6.45) is 1.27. The Balaban J connectivity index is 2.12. The van der Waals surface area contributed by atoms with E-state index >= 15 is 0 Å². The van der Waals surface area contributed by atoms with Crippen molar-refractivity contribution in [2.75, 3.05) is 10.8 Å². The summed E-state index contributed by atoms with van der Waals surface area (Å²) in [5.41, 5.74) is 2.18. The van der Waals surface area contributed by atoms with Crippen molar-refractivity contribution in [1.29, 1.82) is 0 Å². The average molecular weight is 333 g/mol. The lowest BCUT2D eigenvalue weighted by atomic mass is 10.1. The van der Waals surface area contributed by atoms with Gasteiger partial charge in [-0.2, -0.15) is 13.5 Å². The van der Waals surface area contributed by atoms with Crippen LogP contribution < -0.4 is 9.80 Å². The van der Waals surface area contributed by atoms with Crippen LogP contribution in [0.5, 0.6) is 11.5 Å². The van der Waals surface area contributed by atoms with E-state index in [4.69, 9.17) is 9.02 Å². The Morgan fingerprint density at radius 3 is 2.52 bits per heavy atom. The molecule has 1 heterocycles.